The Labute approximate surface area is 120 Å². The van der Waals surface area contributed by atoms with E-state index in [1.165, 1.54) is 0 Å². The van der Waals surface area contributed by atoms with Gasteiger partial charge in [-0.25, -0.2) is 4.79 Å². The van der Waals surface area contributed by atoms with Gasteiger partial charge in [-0.1, -0.05) is 15.9 Å². The van der Waals surface area contributed by atoms with Gasteiger partial charge in [0.2, 0.25) is 0 Å². The van der Waals surface area contributed by atoms with Gasteiger partial charge in [0.1, 0.15) is 11.5 Å². The number of rotatable bonds is 3. The molecular weight excluding hydrogens is 308 g/mol. The molecule has 0 unspecified atom stereocenters. The molecule has 0 atom stereocenters. The number of hydrogen-bond donors (Lipinski definition) is 1. The average molecular weight is 321 g/mol. The van der Waals surface area contributed by atoms with E-state index in [2.05, 4.69) is 15.9 Å². The van der Waals surface area contributed by atoms with Crippen LogP contribution in [0.15, 0.2) is 40.9 Å². The molecule has 0 aromatic heterocycles. The molecule has 2 aromatic carbocycles. The van der Waals surface area contributed by atoms with E-state index >= 15 is 0 Å². The Morgan fingerprint density at radius 2 is 1.84 bits per heavy atom. The number of halogens is 1. The molecule has 3 nitrogen and oxygen atoms in total. The fourth-order valence-corrected chi connectivity index (χ4v) is 2.27. The maximum absolute atomic E-state index is 10.9. The summed E-state index contributed by atoms with van der Waals surface area (Å²) in [6.07, 6.45) is 0. The third-order valence-electron chi connectivity index (χ3n) is 2.79. The highest BCUT2D eigenvalue weighted by Gasteiger charge is 2.09. The maximum atomic E-state index is 10.9. The lowest BCUT2D eigenvalue weighted by Crippen LogP contribution is -1.99. The highest BCUT2D eigenvalue weighted by Crippen LogP contribution is 2.28. The molecular formula is C15H13BrO3. The van der Waals surface area contributed by atoms with Crippen molar-refractivity contribution in [2.45, 2.75) is 13.8 Å². The molecule has 1 N–H and O–H groups in total. The highest BCUT2D eigenvalue weighted by atomic mass is 79.9. The lowest BCUT2D eigenvalue weighted by Gasteiger charge is -2.10. The molecule has 0 aliphatic heterocycles. The second-order valence-corrected chi connectivity index (χ2v) is 5.21. The zero-order valence-electron chi connectivity index (χ0n) is 10.6. The van der Waals surface area contributed by atoms with E-state index in [-0.39, 0.29) is 0 Å². The van der Waals surface area contributed by atoms with Crippen LogP contribution in [0.25, 0.3) is 0 Å². The maximum Gasteiger partial charge on any atom is 0.335 e. The standard InChI is InChI=1S/C15H13BrO3/c1-9-8-12(4-5-13(9)15(17)18)19-14-6-3-11(16)7-10(14)2/h3-8H,1-2H3,(H,17,18). The molecule has 0 saturated heterocycles. The van der Waals surface area contributed by atoms with Gasteiger partial charge in [-0.05, 0) is 61.4 Å². The minimum absolute atomic E-state index is 0.292. The Bertz CT molecular complexity index is 635. The third-order valence-corrected chi connectivity index (χ3v) is 3.29. The van der Waals surface area contributed by atoms with Crippen LogP contribution in [-0.4, -0.2) is 11.1 Å². The number of carbonyl (C=O) groups is 1. The summed E-state index contributed by atoms with van der Waals surface area (Å²) in [6, 6.07) is 10.7. The van der Waals surface area contributed by atoms with Gasteiger partial charge in [-0.3, -0.25) is 0 Å². The average Bonchev–Trinajstić information content (AvgIpc) is 2.32. The smallest absolute Gasteiger partial charge is 0.335 e. The van der Waals surface area contributed by atoms with Crippen LogP contribution < -0.4 is 4.74 Å². The summed E-state index contributed by atoms with van der Waals surface area (Å²) >= 11 is 3.40. The normalized spacial score (nSPS) is 10.3. The Balaban J connectivity index is 2.29. The first-order valence-corrected chi connectivity index (χ1v) is 6.54. The molecule has 98 valence electrons. The van der Waals surface area contributed by atoms with Crippen LogP contribution >= 0.6 is 15.9 Å². The van der Waals surface area contributed by atoms with Gasteiger partial charge >= 0.3 is 5.97 Å². The van der Waals surface area contributed by atoms with Gasteiger partial charge in [0.25, 0.3) is 0 Å². The molecule has 0 radical (unpaired) electrons. The van der Waals surface area contributed by atoms with Crippen LogP contribution in [0.2, 0.25) is 0 Å². The van der Waals surface area contributed by atoms with E-state index in [1.807, 2.05) is 25.1 Å². The number of aromatic carboxylic acids is 1. The van der Waals surface area contributed by atoms with Crippen LogP contribution in [0.5, 0.6) is 11.5 Å². The molecule has 0 aliphatic rings. The van der Waals surface area contributed by atoms with Crippen molar-refractivity contribution in [2.24, 2.45) is 0 Å². The third kappa shape index (κ3) is 3.15. The van der Waals surface area contributed by atoms with Crippen molar-refractivity contribution in [3.8, 4) is 11.5 Å². The first-order valence-electron chi connectivity index (χ1n) is 5.75. The second kappa shape index (κ2) is 5.45. The minimum Gasteiger partial charge on any atom is -0.478 e. The van der Waals surface area contributed by atoms with Crippen molar-refractivity contribution in [1.29, 1.82) is 0 Å². The topological polar surface area (TPSA) is 46.5 Å². The molecule has 0 fully saturated rings. The van der Waals surface area contributed by atoms with Gasteiger partial charge in [-0.2, -0.15) is 0 Å². The molecule has 0 amide bonds. The van der Waals surface area contributed by atoms with E-state index in [9.17, 15) is 4.79 Å². The van der Waals surface area contributed by atoms with Crippen molar-refractivity contribution in [1.82, 2.24) is 0 Å². The second-order valence-electron chi connectivity index (χ2n) is 4.29. The Hall–Kier alpha value is -1.81. The van der Waals surface area contributed by atoms with Crippen LogP contribution in [0.4, 0.5) is 0 Å². The molecule has 0 aliphatic carbocycles. The van der Waals surface area contributed by atoms with E-state index < -0.39 is 5.97 Å². The summed E-state index contributed by atoms with van der Waals surface area (Å²) in [5.41, 5.74) is 1.98. The van der Waals surface area contributed by atoms with Crippen LogP contribution in [0, 0.1) is 13.8 Å². The van der Waals surface area contributed by atoms with Crippen LogP contribution in [0.3, 0.4) is 0 Å². The summed E-state index contributed by atoms with van der Waals surface area (Å²) in [5.74, 6) is 0.461. The van der Waals surface area contributed by atoms with Crippen molar-refractivity contribution in [3.63, 3.8) is 0 Å². The fraction of sp³-hybridized carbons (Fsp3) is 0.133. The number of ether oxygens (including phenoxy) is 1. The largest absolute Gasteiger partial charge is 0.478 e. The molecule has 0 spiro atoms. The minimum atomic E-state index is -0.927. The molecule has 2 aromatic rings. The van der Waals surface area contributed by atoms with Gasteiger partial charge < -0.3 is 9.84 Å². The number of carboxylic acid groups (broad SMARTS) is 1. The highest BCUT2D eigenvalue weighted by molar-refractivity contribution is 9.10. The van der Waals surface area contributed by atoms with Gasteiger partial charge in [-0.15, -0.1) is 0 Å². The molecule has 19 heavy (non-hydrogen) atoms. The lowest BCUT2D eigenvalue weighted by atomic mass is 10.1. The first-order chi connectivity index (χ1) is 8.97. The lowest BCUT2D eigenvalue weighted by molar-refractivity contribution is 0.0696. The van der Waals surface area contributed by atoms with E-state index in [0.717, 1.165) is 15.8 Å². The Morgan fingerprint density at radius 3 is 2.42 bits per heavy atom. The summed E-state index contributed by atoms with van der Waals surface area (Å²) in [7, 11) is 0. The molecule has 0 saturated carbocycles. The SMILES string of the molecule is Cc1cc(Br)ccc1Oc1ccc(C(=O)O)c(C)c1. The van der Waals surface area contributed by atoms with Crippen LogP contribution in [-0.2, 0) is 0 Å². The van der Waals surface area contributed by atoms with Crippen molar-refractivity contribution in [3.05, 3.63) is 57.6 Å². The quantitative estimate of drug-likeness (QED) is 0.902. The van der Waals surface area contributed by atoms with Gasteiger partial charge in [0.05, 0.1) is 5.56 Å². The van der Waals surface area contributed by atoms with Gasteiger partial charge in [0, 0.05) is 4.47 Å². The van der Waals surface area contributed by atoms with Gasteiger partial charge in [0.15, 0.2) is 0 Å². The molecule has 2 rings (SSSR count). The number of carboxylic acids is 1. The molecule has 0 bridgehead atoms. The predicted octanol–water partition coefficient (Wildman–Crippen LogP) is 4.56. The van der Waals surface area contributed by atoms with E-state index in [1.54, 1.807) is 25.1 Å². The summed E-state index contributed by atoms with van der Waals surface area (Å²) < 4.78 is 6.76. The molecule has 4 heteroatoms. The van der Waals surface area contributed by atoms with Crippen molar-refractivity contribution in [2.75, 3.05) is 0 Å². The zero-order chi connectivity index (χ0) is 14.0. The monoisotopic (exact) mass is 320 g/mol. The number of aryl methyl sites for hydroxylation is 2. The number of hydrogen-bond acceptors (Lipinski definition) is 2. The fourth-order valence-electron chi connectivity index (χ4n) is 1.79. The van der Waals surface area contributed by atoms with Crippen molar-refractivity contribution >= 4 is 21.9 Å². The van der Waals surface area contributed by atoms with E-state index in [0.29, 0.717) is 16.9 Å². The molecule has 0 heterocycles. The summed E-state index contributed by atoms with van der Waals surface area (Å²) in [6.45, 7) is 3.71. The Morgan fingerprint density at radius 1 is 1.11 bits per heavy atom. The number of benzene rings is 2. The predicted molar refractivity (Wildman–Crippen MR) is 77.1 cm³/mol. The summed E-state index contributed by atoms with van der Waals surface area (Å²) in [5, 5.41) is 8.97. The summed E-state index contributed by atoms with van der Waals surface area (Å²) in [4.78, 5) is 10.9. The van der Waals surface area contributed by atoms with Crippen LogP contribution in [0.1, 0.15) is 21.5 Å². The first kappa shape index (κ1) is 13.6. The van der Waals surface area contributed by atoms with E-state index in [4.69, 9.17) is 9.84 Å². The Kier molecular flexibility index (Phi) is 3.90. The zero-order valence-corrected chi connectivity index (χ0v) is 12.2. The van der Waals surface area contributed by atoms with Crippen molar-refractivity contribution < 1.29 is 14.6 Å².